The van der Waals surface area contributed by atoms with Gasteiger partial charge in [0.05, 0.1) is 22.9 Å². The number of aromatic nitrogens is 1. The molecule has 1 atom stereocenters. The van der Waals surface area contributed by atoms with Crippen molar-refractivity contribution in [1.29, 1.82) is 0 Å². The molecule has 5 nitrogen and oxygen atoms in total. The Kier molecular flexibility index (Phi) is 5.03. The van der Waals surface area contributed by atoms with Gasteiger partial charge in [-0.1, -0.05) is 18.2 Å². The minimum absolute atomic E-state index is 0.158. The van der Waals surface area contributed by atoms with Gasteiger partial charge < -0.3 is 0 Å². The van der Waals surface area contributed by atoms with Crippen molar-refractivity contribution in [3.63, 3.8) is 0 Å². The number of hydrogen-bond acceptors (Lipinski definition) is 4. The highest BCUT2D eigenvalue weighted by molar-refractivity contribution is 6.21. The summed E-state index contributed by atoms with van der Waals surface area (Å²) in [4.78, 5) is 33.2. The molecule has 2 heterocycles. The van der Waals surface area contributed by atoms with Gasteiger partial charge in [0, 0.05) is 12.7 Å². The zero-order chi connectivity index (χ0) is 18.8. The molecule has 1 aromatic carbocycles. The number of benzene rings is 1. The topological polar surface area (TPSA) is 53.5 Å². The molecule has 1 aliphatic carbocycles. The van der Waals surface area contributed by atoms with Gasteiger partial charge >= 0.3 is 0 Å². The third-order valence-corrected chi connectivity index (χ3v) is 5.72. The lowest BCUT2D eigenvalue weighted by atomic mass is 9.91. The number of rotatable bonds is 6. The van der Waals surface area contributed by atoms with E-state index in [1.165, 1.54) is 22.6 Å². The number of aryl methyl sites for hydroxylation is 1. The second-order valence-corrected chi connectivity index (χ2v) is 7.45. The number of amides is 2. The summed E-state index contributed by atoms with van der Waals surface area (Å²) in [6.07, 6.45) is 7.10. The lowest BCUT2D eigenvalue weighted by molar-refractivity contribution is 0.0650. The minimum atomic E-state index is -0.158. The maximum Gasteiger partial charge on any atom is 0.261 e. The first-order valence-corrected chi connectivity index (χ1v) is 9.76. The highest BCUT2D eigenvalue weighted by atomic mass is 16.2. The van der Waals surface area contributed by atoms with Crippen molar-refractivity contribution in [3.05, 3.63) is 65.0 Å². The van der Waals surface area contributed by atoms with E-state index in [2.05, 4.69) is 23.0 Å². The van der Waals surface area contributed by atoms with Crippen molar-refractivity contribution in [2.24, 2.45) is 0 Å². The van der Waals surface area contributed by atoms with Crippen molar-refractivity contribution in [3.8, 4) is 0 Å². The van der Waals surface area contributed by atoms with Gasteiger partial charge in [-0.3, -0.25) is 24.4 Å². The van der Waals surface area contributed by atoms with Gasteiger partial charge in [0.15, 0.2) is 0 Å². The zero-order valence-electron chi connectivity index (χ0n) is 15.7. The van der Waals surface area contributed by atoms with E-state index in [1.54, 1.807) is 24.3 Å². The maximum atomic E-state index is 12.4. The summed E-state index contributed by atoms with van der Waals surface area (Å²) in [6.45, 7) is 1.42. The molecule has 140 valence electrons. The van der Waals surface area contributed by atoms with Crippen LogP contribution in [-0.4, -0.2) is 46.7 Å². The summed E-state index contributed by atoms with van der Waals surface area (Å²) in [5.41, 5.74) is 3.65. The fraction of sp³-hybridized carbons (Fsp3) is 0.409. The molecule has 0 radical (unpaired) electrons. The van der Waals surface area contributed by atoms with Crippen LogP contribution in [0.3, 0.4) is 0 Å². The second-order valence-electron chi connectivity index (χ2n) is 7.45. The molecule has 5 heteroatoms. The Morgan fingerprint density at radius 1 is 1.07 bits per heavy atom. The van der Waals surface area contributed by atoms with Crippen LogP contribution in [-0.2, 0) is 6.42 Å². The van der Waals surface area contributed by atoms with Crippen molar-refractivity contribution < 1.29 is 9.59 Å². The maximum absolute atomic E-state index is 12.4. The average Bonchev–Trinajstić information content (AvgIpc) is 2.95. The van der Waals surface area contributed by atoms with E-state index in [4.69, 9.17) is 0 Å². The lowest BCUT2D eigenvalue weighted by Crippen LogP contribution is -2.32. The van der Waals surface area contributed by atoms with E-state index < -0.39 is 0 Å². The number of carbonyl (C=O) groups is 2. The van der Waals surface area contributed by atoms with Gasteiger partial charge in [0.2, 0.25) is 0 Å². The molecule has 2 amide bonds. The van der Waals surface area contributed by atoms with Crippen LogP contribution in [0.1, 0.15) is 63.7 Å². The summed E-state index contributed by atoms with van der Waals surface area (Å²) in [7, 11) is 2.15. The summed E-state index contributed by atoms with van der Waals surface area (Å²) < 4.78 is 0. The molecule has 4 rings (SSSR count). The summed E-state index contributed by atoms with van der Waals surface area (Å²) in [6, 6.07) is 11.6. The first-order chi connectivity index (χ1) is 13.2. The Morgan fingerprint density at radius 2 is 1.81 bits per heavy atom. The third kappa shape index (κ3) is 3.39. The molecule has 1 aromatic heterocycles. The van der Waals surface area contributed by atoms with Gasteiger partial charge in [-0.2, -0.15) is 0 Å². The summed E-state index contributed by atoms with van der Waals surface area (Å²) >= 11 is 0. The number of nitrogens with zero attached hydrogens (tertiary/aromatic N) is 3. The van der Waals surface area contributed by atoms with Crippen molar-refractivity contribution in [2.75, 3.05) is 20.1 Å². The van der Waals surface area contributed by atoms with E-state index >= 15 is 0 Å². The van der Waals surface area contributed by atoms with Crippen LogP contribution in [0.2, 0.25) is 0 Å². The first kappa shape index (κ1) is 17.9. The molecule has 2 aliphatic rings. The molecule has 27 heavy (non-hydrogen) atoms. The van der Waals surface area contributed by atoms with Gasteiger partial charge in [-0.25, -0.2) is 0 Å². The lowest BCUT2D eigenvalue weighted by Gasteiger charge is -2.32. The van der Waals surface area contributed by atoms with Crippen molar-refractivity contribution in [1.82, 2.24) is 14.8 Å². The van der Waals surface area contributed by atoms with Crippen molar-refractivity contribution in [2.45, 2.75) is 38.1 Å². The second kappa shape index (κ2) is 7.61. The van der Waals surface area contributed by atoms with Gasteiger partial charge in [-0.05, 0) is 69.5 Å². The molecule has 1 aliphatic heterocycles. The molecule has 0 unspecified atom stereocenters. The van der Waals surface area contributed by atoms with Crippen LogP contribution in [0.15, 0.2) is 42.6 Å². The zero-order valence-corrected chi connectivity index (χ0v) is 15.7. The SMILES string of the molecule is CN(CCCCN1C(=O)c2ccccc2C1=O)[C@H]1CCCc2cccnc21. The fourth-order valence-electron chi connectivity index (χ4n) is 4.24. The highest BCUT2D eigenvalue weighted by Crippen LogP contribution is 2.32. The Labute approximate surface area is 160 Å². The third-order valence-electron chi connectivity index (χ3n) is 5.72. The molecular weight excluding hydrogens is 338 g/mol. The minimum Gasteiger partial charge on any atom is -0.298 e. The number of hydrogen-bond donors (Lipinski definition) is 0. The molecule has 0 fully saturated rings. The van der Waals surface area contributed by atoms with E-state index in [0.29, 0.717) is 23.7 Å². The number of fused-ring (bicyclic) bond motifs is 2. The summed E-state index contributed by atoms with van der Waals surface area (Å²) in [5.74, 6) is -0.316. The Hall–Kier alpha value is -2.53. The Bertz CT molecular complexity index is 829. The Balaban J connectivity index is 1.30. The van der Waals surface area contributed by atoms with E-state index in [0.717, 1.165) is 32.2 Å². The van der Waals surface area contributed by atoms with Crippen molar-refractivity contribution >= 4 is 11.8 Å². The molecule has 0 spiro atoms. The molecule has 0 saturated carbocycles. The normalized spacial score (nSPS) is 18.7. The first-order valence-electron chi connectivity index (χ1n) is 9.76. The van der Waals surface area contributed by atoms with E-state index in [9.17, 15) is 9.59 Å². The van der Waals surface area contributed by atoms with Crippen LogP contribution in [0.5, 0.6) is 0 Å². The number of unbranched alkanes of at least 4 members (excludes halogenated alkanes) is 1. The predicted octanol–water partition coefficient (Wildman–Crippen LogP) is 3.47. The van der Waals surface area contributed by atoms with Crippen LogP contribution >= 0.6 is 0 Å². The molecular formula is C22H25N3O2. The fourth-order valence-corrected chi connectivity index (χ4v) is 4.24. The monoisotopic (exact) mass is 363 g/mol. The summed E-state index contributed by atoms with van der Waals surface area (Å²) in [5, 5.41) is 0. The smallest absolute Gasteiger partial charge is 0.261 e. The average molecular weight is 363 g/mol. The van der Waals surface area contributed by atoms with E-state index in [1.807, 2.05) is 12.3 Å². The van der Waals surface area contributed by atoms with Gasteiger partial charge in [-0.15, -0.1) is 0 Å². The van der Waals surface area contributed by atoms with Crippen LogP contribution in [0.25, 0.3) is 0 Å². The quantitative estimate of drug-likeness (QED) is 0.582. The highest BCUT2D eigenvalue weighted by Gasteiger charge is 2.34. The van der Waals surface area contributed by atoms with E-state index in [-0.39, 0.29) is 11.8 Å². The Morgan fingerprint density at radius 3 is 2.56 bits per heavy atom. The molecule has 0 bridgehead atoms. The number of pyridine rings is 1. The standard InChI is InChI=1S/C22H25N3O2/c1-24(19-12-6-8-16-9-7-13-23-20(16)19)14-4-5-15-25-21(26)17-10-2-3-11-18(17)22(25)27/h2-3,7,9-11,13,19H,4-6,8,12,14-15H2,1H3/t19-/m0/s1. The van der Waals surface area contributed by atoms with Crippen LogP contribution < -0.4 is 0 Å². The van der Waals surface area contributed by atoms with Crippen LogP contribution in [0.4, 0.5) is 0 Å². The predicted molar refractivity (Wildman–Crippen MR) is 104 cm³/mol. The van der Waals surface area contributed by atoms with Gasteiger partial charge in [0.1, 0.15) is 0 Å². The number of carbonyl (C=O) groups excluding carboxylic acids is 2. The van der Waals surface area contributed by atoms with Gasteiger partial charge in [0.25, 0.3) is 11.8 Å². The molecule has 0 saturated heterocycles. The molecule has 2 aromatic rings. The van der Waals surface area contributed by atoms with Crippen LogP contribution in [0, 0.1) is 0 Å². The molecule has 0 N–H and O–H groups in total. The largest absolute Gasteiger partial charge is 0.298 e. The number of imide groups is 1.